The molecule has 3 N–H and O–H groups in total. The molecule has 1 atom stereocenters. The van der Waals surface area contributed by atoms with Gasteiger partial charge in [0.1, 0.15) is 11.6 Å². The van der Waals surface area contributed by atoms with Gasteiger partial charge >= 0.3 is 0 Å². The molecule has 4 aromatic rings. The van der Waals surface area contributed by atoms with E-state index in [1.807, 2.05) is 44.2 Å². The third-order valence-corrected chi connectivity index (χ3v) is 5.55. The highest BCUT2D eigenvalue weighted by atomic mass is 32.2. The molecule has 2 heterocycles. The van der Waals surface area contributed by atoms with Gasteiger partial charge in [0.25, 0.3) is 11.1 Å². The molecule has 0 aliphatic rings. The van der Waals surface area contributed by atoms with Gasteiger partial charge < -0.3 is 10.7 Å². The minimum absolute atomic E-state index is 0.199. The summed E-state index contributed by atoms with van der Waals surface area (Å²) in [5.74, 6) is 0.802. The van der Waals surface area contributed by atoms with Crippen molar-refractivity contribution in [2.24, 2.45) is 0 Å². The predicted molar refractivity (Wildman–Crippen MR) is 116 cm³/mol. The van der Waals surface area contributed by atoms with Crippen LogP contribution in [0.15, 0.2) is 69.3 Å². The third kappa shape index (κ3) is 3.79. The van der Waals surface area contributed by atoms with Crippen LogP contribution in [-0.2, 0) is 0 Å². The van der Waals surface area contributed by atoms with E-state index in [4.69, 9.17) is 5.73 Å². The van der Waals surface area contributed by atoms with E-state index < -0.39 is 5.56 Å². The summed E-state index contributed by atoms with van der Waals surface area (Å²) in [6, 6.07) is 16.2. The molecule has 0 saturated carbocycles. The number of thioether (sulfide) groups is 1. The summed E-state index contributed by atoms with van der Waals surface area (Å²) in [6.07, 6.45) is 0. The smallest absolute Gasteiger partial charge is 0.275 e. The molecule has 4 rings (SSSR count). The standard InChI is InChI=1S/C21H19N5O2S/c1-12-6-5-7-14(10-12)26-17(22)11-18(27)24-21(26)29-13(2)19-23-16-9-4-3-8-15(16)20(28)25-19/h3-11,13H,22H2,1-2H3,(H,23,25,28). The molecular formula is C21H19N5O2S. The molecule has 2 aromatic carbocycles. The second-order valence-corrected chi connectivity index (χ2v) is 8.01. The Morgan fingerprint density at radius 2 is 1.86 bits per heavy atom. The molecular weight excluding hydrogens is 386 g/mol. The minimum atomic E-state index is -0.416. The van der Waals surface area contributed by atoms with E-state index in [1.165, 1.54) is 17.8 Å². The molecule has 2 aromatic heterocycles. The predicted octanol–water partition coefficient (Wildman–Crippen LogP) is 3.21. The van der Waals surface area contributed by atoms with E-state index >= 15 is 0 Å². The van der Waals surface area contributed by atoms with Crippen LogP contribution >= 0.6 is 11.8 Å². The van der Waals surface area contributed by atoms with Gasteiger partial charge in [0.15, 0.2) is 5.16 Å². The molecule has 0 aliphatic carbocycles. The van der Waals surface area contributed by atoms with E-state index in [2.05, 4.69) is 15.0 Å². The van der Waals surface area contributed by atoms with Gasteiger partial charge in [-0.05, 0) is 43.7 Å². The van der Waals surface area contributed by atoms with Crippen molar-refractivity contribution in [1.29, 1.82) is 0 Å². The van der Waals surface area contributed by atoms with Crippen LogP contribution in [-0.4, -0.2) is 19.5 Å². The molecule has 0 aliphatic heterocycles. The summed E-state index contributed by atoms with van der Waals surface area (Å²) < 4.78 is 1.73. The largest absolute Gasteiger partial charge is 0.385 e. The molecule has 0 saturated heterocycles. The van der Waals surface area contributed by atoms with Crippen LogP contribution in [0.4, 0.5) is 5.82 Å². The lowest BCUT2D eigenvalue weighted by Crippen LogP contribution is -2.18. The highest BCUT2D eigenvalue weighted by Crippen LogP contribution is 2.33. The van der Waals surface area contributed by atoms with Crippen molar-refractivity contribution in [3.63, 3.8) is 0 Å². The fourth-order valence-corrected chi connectivity index (χ4v) is 4.09. The zero-order valence-electron chi connectivity index (χ0n) is 15.9. The van der Waals surface area contributed by atoms with Crippen molar-refractivity contribution in [3.8, 4) is 5.69 Å². The molecule has 0 radical (unpaired) electrons. The fraction of sp³-hybridized carbons (Fsp3) is 0.143. The number of hydrogen-bond acceptors (Lipinski definition) is 6. The van der Waals surface area contributed by atoms with Crippen LogP contribution < -0.4 is 16.9 Å². The lowest BCUT2D eigenvalue weighted by atomic mass is 10.2. The van der Waals surface area contributed by atoms with Crippen molar-refractivity contribution in [1.82, 2.24) is 19.5 Å². The molecule has 146 valence electrons. The Bertz CT molecular complexity index is 1330. The van der Waals surface area contributed by atoms with Gasteiger partial charge in [-0.3, -0.25) is 14.2 Å². The van der Waals surface area contributed by atoms with Crippen molar-refractivity contribution in [3.05, 3.63) is 86.7 Å². The van der Waals surface area contributed by atoms with E-state index in [0.29, 0.717) is 27.7 Å². The van der Waals surface area contributed by atoms with Crippen molar-refractivity contribution in [2.75, 3.05) is 5.73 Å². The summed E-state index contributed by atoms with van der Waals surface area (Å²) in [6.45, 7) is 3.88. The average Bonchev–Trinajstić information content (AvgIpc) is 2.67. The number of hydrogen-bond donors (Lipinski definition) is 2. The second kappa shape index (κ2) is 7.56. The number of nitrogens with two attached hydrogens (primary N) is 1. The number of anilines is 1. The maximum Gasteiger partial charge on any atom is 0.275 e. The monoisotopic (exact) mass is 405 g/mol. The molecule has 0 bridgehead atoms. The molecule has 8 heteroatoms. The van der Waals surface area contributed by atoms with Crippen LogP contribution in [0.2, 0.25) is 0 Å². The number of rotatable bonds is 4. The normalized spacial score (nSPS) is 12.2. The van der Waals surface area contributed by atoms with Gasteiger partial charge in [-0.15, -0.1) is 0 Å². The summed E-state index contributed by atoms with van der Waals surface area (Å²) >= 11 is 1.31. The Morgan fingerprint density at radius 1 is 1.07 bits per heavy atom. The number of nitrogens with zero attached hydrogens (tertiary/aromatic N) is 3. The van der Waals surface area contributed by atoms with Gasteiger partial charge in [-0.25, -0.2) is 4.98 Å². The molecule has 7 nitrogen and oxygen atoms in total. The first-order valence-corrected chi connectivity index (χ1v) is 9.92. The van der Waals surface area contributed by atoms with Crippen molar-refractivity contribution < 1.29 is 0 Å². The maximum absolute atomic E-state index is 12.4. The van der Waals surface area contributed by atoms with Gasteiger partial charge in [0.2, 0.25) is 0 Å². The Morgan fingerprint density at radius 3 is 2.66 bits per heavy atom. The SMILES string of the molecule is Cc1cccc(-n2c(N)cc(=O)nc2SC(C)c2nc3ccccc3c(=O)[nH]2)c1. The number of fused-ring (bicyclic) bond motifs is 1. The van der Waals surface area contributed by atoms with E-state index in [0.717, 1.165) is 11.3 Å². The average molecular weight is 405 g/mol. The fourth-order valence-electron chi connectivity index (χ4n) is 3.09. The molecule has 1 unspecified atom stereocenters. The van der Waals surface area contributed by atoms with E-state index in [9.17, 15) is 9.59 Å². The van der Waals surface area contributed by atoms with Gasteiger partial charge in [0, 0.05) is 11.8 Å². The lowest BCUT2D eigenvalue weighted by Gasteiger charge is -2.17. The van der Waals surface area contributed by atoms with Crippen LogP contribution in [0.3, 0.4) is 0 Å². The number of aromatic nitrogens is 4. The number of benzene rings is 2. The molecule has 0 spiro atoms. The van der Waals surface area contributed by atoms with Gasteiger partial charge in [-0.1, -0.05) is 36.0 Å². The Hall–Kier alpha value is -3.39. The number of aromatic amines is 1. The van der Waals surface area contributed by atoms with E-state index in [-0.39, 0.29) is 10.8 Å². The summed E-state index contributed by atoms with van der Waals surface area (Å²) in [4.78, 5) is 36.0. The van der Waals surface area contributed by atoms with Crippen LogP contribution in [0.25, 0.3) is 16.6 Å². The quantitative estimate of drug-likeness (QED) is 0.399. The number of nitrogen functional groups attached to an aromatic ring is 1. The molecule has 0 fully saturated rings. The van der Waals surface area contributed by atoms with Crippen LogP contribution in [0.1, 0.15) is 23.6 Å². The van der Waals surface area contributed by atoms with Gasteiger partial charge in [0.05, 0.1) is 16.2 Å². The molecule has 0 amide bonds. The zero-order chi connectivity index (χ0) is 20.5. The Labute approximate surface area is 170 Å². The van der Waals surface area contributed by atoms with Crippen molar-refractivity contribution in [2.45, 2.75) is 24.3 Å². The topological polar surface area (TPSA) is 107 Å². The van der Waals surface area contributed by atoms with Crippen LogP contribution in [0.5, 0.6) is 0 Å². The summed E-state index contributed by atoms with van der Waals surface area (Å²) in [7, 11) is 0. The highest BCUT2D eigenvalue weighted by Gasteiger charge is 2.18. The zero-order valence-corrected chi connectivity index (χ0v) is 16.7. The van der Waals surface area contributed by atoms with Gasteiger partial charge in [-0.2, -0.15) is 4.98 Å². The third-order valence-electron chi connectivity index (χ3n) is 4.48. The number of aryl methyl sites for hydroxylation is 1. The highest BCUT2D eigenvalue weighted by molar-refractivity contribution is 7.99. The first-order valence-electron chi connectivity index (χ1n) is 9.04. The number of H-pyrrole nitrogens is 1. The van der Waals surface area contributed by atoms with Crippen molar-refractivity contribution >= 4 is 28.5 Å². The lowest BCUT2D eigenvalue weighted by molar-refractivity contribution is 0.811. The minimum Gasteiger partial charge on any atom is -0.385 e. The molecule has 29 heavy (non-hydrogen) atoms. The van der Waals surface area contributed by atoms with E-state index in [1.54, 1.807) is 22.8 Å². The second-order valence-electron chi connectivity index (χ2n) is 6.70. The maximum atomic E-state index is 12.4. The first-order chi connectivity index (χ1) is 13.9. The first kappa shape index (κ1) is 18.9. The summed E-state index contributed by atoms with van der Waals surface area (Å²) in [5, 5.41) is 0.702. The Kier molecular flexibility index (Phi) is 4.94. The number of para-hydroxylation sites is 1. The summed E-state index contributed by atoms with van der Waals surface area (Å²) in [5.41, 5.74) is 8.03. The Balaban J connectivity index is 1.78. The van der Waals surface area contributed by atoms with Crippen LogP contribution in [0, 0.1) is 6.92 Å². The number of nitrogens with one attached hydrogen (secondary N) is 1.